The first kappa shape index (κ1) is 22.5. The number of hydrogen-bond acceptors (Lipinski definition) is 10. The highest BCUT2D eigenvalue weighted by Gasteiger charge is 2.20. The standard InChI is InChI=1S/C23H26ClN7O3/c1-32-18-5-3-16(24)11-17(18)26-23-28-21(27-22(25)29-23)13-31-8-6-30(7-9-31)12-15-2-4-19-20(10-15)34-14-33-19/h2-5,10-11H,6-9,12-14H2,1H3,(H3,25,26,27,28,29). The summed E-state index contributed by atoms with van der Waals surface area (Å²) < 4.78 is 16.3. The van der Waals surface area contributed by atoms with Crippen LogP contribution in [-0.2, 0) is 13.1 Å². The topological polar surface area (TPSA) is 111 Å². The molecule has 11 heteroatoms. The Kier molecular flexibility index (Phi) is 6.52. The third kappa shape index (κ3) is 5.24. The lowest BCUT2D eigenvalue weighted by molar-refractivity contribution is 0.120. The molecule has 178 valence electrons. The van der Waals surface area contributed by atoms with Gasteiger partial charge in [0.2, 0.25) is 18.7 Å². The highest BCUT2D eigenvalue weighted by molar-refractivity contribution is 6.31. The number of hydrogen-bond donors (Lipinski definition) is 2. The molecule has 10 nitrogen and oxygen atoms in total. The van der Waals surface area contributed by atoms with Gasteiger partial charge < -0.3 is 25.3 Å². The maximum absolute atomic E-state index is 6.12. The van der Waals surface area contributed by atoms with Gasteiger partial charge in [0, 0.05) is 37.7 Å². The number of anilines is 3. The maximum atomic E-state index is 6.12. The SMILES string of the molecule is COc1ccc(Cl)cc1Nc1nc(N)nc(CN2CCN(Cc3ccc4c(c3)OCO4)CC2)n1. The summed E-state index contributed by atoms with van der Waals surface area (Å²) in [7, 11) is 1.59. The predicted octanol–water partition coefficient (Wildman–Crippen LogP) is 2.91. The molecule has 34 heavy (non-hydrogen) atoms. The van der Waals surface area contributed by atoms with E-state index in [1.165, 1.54) is 5.56 Å². The number of fused-ring (bicyclic) bond motifs is 1. The van der Waals surface area contributed by atoms with Crippen LogP contribution < -0.4 is 25.3 Å². The Morgan fingerprint density at radius 2 is 1.74 bits per heavy atom. The summed E-state index contributed by atoms with van der Waals surface area (Å²) in [5.74, 6) is 3.39. The van der Waals surface area contributed by atoms with Crippen LogP contribution in [-0.4, -0.2) is 64.8 Å². The van der Waals surface area contributed by atoms with E-state index in [9.17, 15) is 0 Å². The van der Waals surface area contributed by atoms with Crippen LogP contribution in [0.4, 0.5) is 17.6 Å². The van der Waals surface area contributed by atoms with E-state index < -0.39 is 0 Å². The molecule has 0 aliphatic carbocycles. The van der Waals surface area contributed by atoms with Gasteiger partial charge in [0.05, 0.1) is 19.3 Å². The van der Waals surface area contributed by atoms with Gasteiger partial charge in [-0.3, -0.25) is 9.80 Å². The smallest absolute Gasteiger partial charge is 0.232 e. The largest absolute Gasteiger partial charge is 0.495 e. The van der Waals surface area contributed by atoms with Crippen LogP contribution in [0.15, 0.2) is 36.4 Å². The number of piperazine rings is 1. The zero-order valence-electron chi connectivity index (χ0n) is 18.8. The molecule has 5 rings (SSSR count). The van der Waals surface area contributed by atoms with Crippen molar-refractivity contribution in [2.45, 2.75) is 13.1 Å². The number of nitrogens with two attached hydrogens (primary N) is 1. The molecule has 0 radical (unpaired) electrons. The number of halogens is 1. The number of aromatic nitrogens is 3. The lowest BCUT2D eigenvalue weighted by atomic mass is 10.1. The van der Waals surface area contributed by atoms with Gasteiger partial charge in [-0.25, -0.2) is 0 Å². The zero-order valence-corrected chi connectivity index (χ0v) is 19.6. The van der Waals surface area contributed by atoms with Crippen LogP contribution in [0, 0.1) is 0 Å². The summed E-state index contributed by atoms with van der Waals surface area (Å²) in [5, 5.41) is 3.71. The number of rotatable bonds is 7. The third-order valence-electron chi connectivity index (χ3n) is 5.78. The Bertz CT molecular complexity index is 1170. The molecule has 2 aromatic carbocycles. The Hall–Kier alpha value is -3.34. The summed E-state index contributed by atoms with van der Waals surface area (Å²) in [6.07, 6.45) is 0. The fourth-order valence-electron chi connectivity index (χ4n) is 4.07. The normalized spacial score (nSPS) is 15.9. The molecule has 3 aromatic rings. The second-order valence-electron chi connectivity index (χ2n) is 8.14. The fraction of sp³-hybridized carbons (Fsp3) is 0.348. The molecule has 1 aromatic heterocycles. The van der Waals surface area contributed by atoms with Gasteiger partial charge in [0.25, 0.3) is 0 Å². The molecular formula is C23H26ClN7O3. The van der Waals surface area contributed by atoms with Gasteiger partial charge in [-0.05, 0) is 35.9 Å². The first-order chi connectivity index (χ1) is 16.6. The molecule has 0 bridgehead atoms. The molecule has 2 aliphatic heterocycles. The zero-order chi connectivity index (χ0) is 23.5. The molecule has 0 spiro atoms. The van der Waals surface area contributed by atoms with Gasteiger partial charge in [0.1, 0.15) is 11.6 Å². The lowest BCUT2D eigenvalue weighted by Crippen LogP contribution is -2.45. The predicted molar refractivity (Wildman–Crippen MR) is 129 cm³/mol. The minimum atomic E-state index is 0.162. The monoisotopic (exact) mass is 483 g/mol. The lowest BCUT2D eigenvalue weighted by Gasteiger charge is -2.34. The van der Waals surface area contributed by atoms with Crippen molar-refractivity contribution in [3.63, 3.8) is 0 Å². The van der Waals surface area contributed by atoms with E-state index in [0.717, 1.165) is 44.2 Å². The summed E-state index contributed by atoms with van der Waals surface area (Å²) >= 11 is 6.12. The summed E-state index contributed by atoms with van der Waals surface area (Å²) in [6.45, 7) is 5.45. The fourth-order valence-corrected chi connectivity index (χ4v) is 4.24. The molecule has 0 saturated carbocycles. The van der Waals surface area contributed by atoms with Crippen LogP contribution in [0.25, 0.3) is 0 Å². The highest BCUT2D eigenvalue weighted by atomic mass is 35.5. The van der Waals surface area contributed by atoms with Gasteiger partial charge in [-0.1, -0.05) is 17.7 Å². The number of nitrogen functional groups attached to an aromatic ring is 1. The molecule has 3 heterocycles. The van der Waals surface area contributed by atoms with E-state index >= 15 is 0 Å². The first-order valence-electron chi connectivity index (χ1n) is 11.0. The van der Waals surface area contributed by atoms with Crippen LogP contribution in [0.1, 0.15) is 11.4 Å². The second-order valence-corrected chi connectivity index (χ2v) is 8.58. The maximum Gasteiger partial charge on any atom is 0.232 e. The van der Waals surface area contributed by atoms with Gasteiger partial charge in [-0.15, -0.1) is 0 Å². The number of methoxy groups -OCH3 is 1. The molecule has 1 fully saturated rings. The van der Waals surface area contributed by atoms with Crippen molar-refractivity contribution in [3.8, 4) is 17.2 Å². The van der Waals surface area contributed by atoms with Crippen LogP contribution in [0.2, 0.25) is 5.02 Å². The van der Waals surface area contributed by atoms with E-state index in [1.54, 1.807) is 25.3 Å². The van der Waals surface area contributed by atoms with Crippen molar-refractivity contribution in [2.75, 3.05) is 51.1 Å². The Morgan fingerprint density at radius 3 is 2.53 bits per heavy atom. The summed E-state index contributed by atoms with van der Waals surface area (Å²) in [5.41, 5.74) is 7.83. The van der Waals surface area contributed by atoms with Crippen molar-refractivity contribution < 1.29 is 14.2 Å². The van der Waals surface area contributed by atoms with Crippen molar-refractivity contribution >= 4 is 29.2 Å². The molecule has 0 amide bonds. The summed E-state index contributed by atoms with van der Waals surface area (Å²) in [6, 6.07) is 11.4. The first-order valence-corrected chi connectivity index (χ1v) is 11.4. The van der Waals surface area contributed by atoms with Crippen LogP contribution >= 0.6 is 11.6 Å². The Balaban J connectivity index is 1.19. The number of nitrogens with one attached hydrogen (secondary N) is 1. The van der Waals surface area contributed by atoms with E-state index in [-0.39, 0.29) is 5.95 Å². The minimum absolute atomic E-state index is 0.162. The molecule has 0 atom stereocenters. The number of nitrogens with zero attached hydrogens (tertiary/aromatic N) is 5. The van der Waals surface area contributed by atoms with Gasteiger partial charge in [0.15, 0.2) is 11.5 Å². The molecule has 3 N–H and O–H groups in total. The van der Waals surface area contributed by atoms with E-state index in [1.807, 2.05) is 6.07 Å². The Labute approximate surface area is 202 Å². The van der Waals surface area contributed by atoms with Gasteiger partial charge >= 0.3 is 0 Å². The highest BCUT2D eigenvalue weighted by Crippen LogP contribution is 2.33. The average Bonchev–Trinajstić information content (AvgIpc) is 3.28. The van der Waals surface area contributed by atoms with Gasteiger partial charge in [-0.2, -0.15) is 15.0 Å². The molecule has 1 saturated heterocycles. The molecule has 2 aliphatic rings. The van der Waals surface area contributed by atoms with Crippen molar-refractivity contribution in [3.05, 3.63) is 52.8 Å². The van der Waals surface area contributed by atoms with E-state index in [4.69, 9.17) is 31.5 Å². The Morgan fingerprint density at radius 1 is 0.971 bits per heavy atom. The van der Waals surface area contributed by atoms with Crippen molar-refractivity contribution in [2.24, 2.45) is 0 Å². The van der Waals surface area contributed by atoms with Crippen LogP contribution in [0.5, 0.6) is 17.2 Å². The molecule has 0 unspecified atom stereocenters. The average molecular weight is 484 g/mol. The number of benzene rings is 2. The number of ether oxygens (including phenoxy) is 3. The van der Waals surface area contributed by atoms with E-state index in [2.05, 4.69) is 42.2 Å². The van der Waals surface area contributed by atoms with E-state index in [0.29, 0.717) is 41.6 Å². The van der Waals surface area contributed by atoms with Crippen molar-refractivity contribution in [1.29, 1.82) is 0 Å². The third-order valence-corrected chi connectivity index (χ3v) is 6.02. The molecular weight excluding hydrogens is 458 g/mol. The van der Waals surface area contributed by atoms with Crippen LogP contribution in [0.3, 0.4) is 0 Å². The summed E-state index contributed by atoms with van der Waals surface area (Å²) in [4.78, 5) is 17.8. The minimum Gasteiger partial charge on any atom is -0.495 e. The van der Waals surface area contributed by atoms with Crippen molar-refractivity contribution in [1.82, 2.24) is 24.8 Å². The quantitative estimate of drug-likeness (QED) is 0.520. The second kappa shape index (κ2) is 9.88.